The standard InChI is InChI=1S/C14H21ClO4/c1-11(16)12-4-5-14(13(15)10-12)19-9-8-18-7-3-6-17-2/h4-5,10-11,16H,3,6-9H2,1-2H3/t11-/m1/s1. The van der Waals surface area contributed by atoms with E-state index in [0.29, 0.717) is 37.2 Å². The Hall–Kier alpha value is -0.810. The molecule has 0 spiro atoms. The van der Waals surface area contributed by atoms with Gasteiger partial charge >= 0.3 is 0 Å². The lowest BCUT2D eigenvalue weighted by Crippen LogP contribution is -2.08. The number of benzene rings is 1. The van der Waals surface area contributed by atoms with Crippen molar-refractivity contribution >= 4 is 11.6 Å². The summed E-state index contributed by atoms with van der Waals surface area (Å²) in [5, 5.41) is 9.92. The molecule has 5 heteroatoms. The molecule has 0 radical (unpaired) electrons. The number of aliphatic hydroxyl groups excluding tert-OH is 1. The van der Waals surface area contributed by atoms with E-state index in [2.05, 4.69) is 0 Å². The molecule has 19 heavy (non-hydrogen) atoms. The van der Waals surface area contributed by atoms with Crippen molar-refractivity contribution in [3.8, 4) is 5.75 Å². The zero-order chi connectivity index (χ0) is 14.1. The maximum atomic E-state index is 9.43. The Morgan fingerprint density at radius 3 is 2.63 bits per heavy atom. The van der Waals surface area contributed by atoms with E-state index in [4.69, 9.17) is 25.8 Å². The number of hydrogen-bond acceptors (Lipinski definition) is 4. The molecule has 0 unspecified atom stereocenters. The third-order valence-electron chi connectivity index (χ3n) is 2.56. The van der Waals surface area contributed by atoms with Gasteiger partial charge in [-0.2, -0.15) is 0 Å². The maximum absolute atomic E-state index is 9.43. The van der Waals surface area contributed by atoms with Crippen LogP contribution in [0.25, 0.3) is 0 Å². The number of methoxy groups -OCH3 is 1. The van der Waals surface area contributed by atoms with Crippen molar-refractivity contribution in [2.45, 2.75) is 19.4 Å². The molecule has 1 atom stereocenters. The quantitative estimate of drug-likeness (QED) is 0.710. The lowest BCUT2D eigenvalue weighted by Gasteiger charge is -2.11. The molecule has 0 aliphatic rings. The van der Waals surface area contributed by atoms with Crippen LogP contribution in [-0.4, -0.2) is 38.6 Å². The van der Waals surface area contributed by atoms with E-state index in [0.717, 1.165) is 12.0 Å². The number of rotatable bonds is 9. The fourth-order valence-corrected chi connectivity index (χ4v) is 1.76. The highest BCUT2D eigenvalue weighted by Gasteiger charge is 2.06. The predicted octanol–water partition coefficient (Wildman–Crippen LogP) is 2.83. The Morgan fingerprint density at radius 2 is 2.00 bits per heavy atom. The monoisotopic (exact) mass is 288 g/mol. The van der Waals surface area contributed by atoms with Gasteiger partial charge in [0.05, 0.1) is 17.7 Å². The van der Waals surface area contributed by atoms with Crippen LogP contribution in [0, 0.1) is 0 Å². The summed E-state index contributed by atoms with van der Waals surface area (Å²) in [7, 11) is 1.67. The van der Waals surface area contributed by atoms with E-state index in [1.54, 1.807) is 32.2 Å². The Labute approximate surface area is 119 Å². The minimum absolute atomic E-state index is 0.445. The summed E-state index contributed by atoms with van der Waals surface area (Å²) in [6.45, 7) is 4.01. The minimum atomic E-state index is -0.532. The summed E-state index contributed by atoms with van der Waals surface area (Å²) in [4.78, 5) is 0. The molecule has 4 nitrogen and oxygen atoms in total. The predicted molar refractivity (Wildman–Crippen MR) is 74.9 cm³/mol. The first-order valence-electron chi connectivity index (χ1n) is 6.32. The van der Waals surface area contributed by atoms with Crippen LogP contribution >= 0.6 is 11.6 Å². The van der Waals surface area contributed by atoms with Crippen LogP contribution in [0.2, 0.25) is 5.02 Å². The number of halogens is 1. The highest BCUT2D eigenvalue weighted by molar-refractivity contribution is 6.32. The fraction of sp³-hybridized carbons (Fsp3) is 0.571. The molecule has 0 aliphatic carbocycles. The highest BCUT2D eigenvalue weighted by Crippen LogP contribution is 2.27. The Bertz CT molecular complexity index is 368. The fourth-order valence-electron chi connectivity index (χ4n) is 1.51. The SMILES string of the molecule is COCCCOCCOc1ccc([C@@H](C)O)cc1Cl. The topological polar surface area (TPSA) is 47.9 Å². The van der Waals surface area contributed by atoms with Gasteiger partial charge in [0.25, 0.3) is 0 Å². The van der Waals surface area contributed by atoms with Gasteiger partial charge in [0.15, 0.2) is 0 Å². The summed E-state index contributed by atoms with van der Waals surface area (Å²) in [5.74, 6) is 0.603. The Morgan fingerprint density at radius 1 is 1.21 bits per heavy atom. The zero-order valence-electron chi connectivity index (χ0n) is 11.4. The average molecular weight is 289 g/mol. The van der Waals surface area contributed by atoms with Gasteiger partial charge in [-0.15, -0.1) is 0 Å². The second-order valence-corrected chi connectivity index (χ2v) is 4.58. The van der Waals surface area contributed by atoms with Gasteiger partial charge in [0.2, 0.25) is 0 Å². The molecule has 0 bridgehead atoms. The van der Waals surface area contributed by atoms with E-state index >= 15 is 0 Å². The van der Waals surface area contributed by atoms with Crippen LogP contribution in [0.15, 0.2) is 18.2 Å². The van der Waals surface area contributed by atoms with E-state index in [1.165, 1.54) is 0 Å². The molecule has 0 amide bonds. The van der Waals surface area contributed by atoms with Gasteiger partial charge in [0.1, 0.15) is 12.4 Å². The summed E-state index contributed by atoms with van der Waals surface area (Å²) in [5.41, 5.74) is 0.771. The smallest absolute Gasteiger partial charge is 0.138 e. The van der Waals surface area contributed by atoms with Crippen molar-refractivity contribution < 1.29 is 19.3 Å². The summed E-state index contributed by atoms with van der Waals surface area (Å²) in [6.07, 6.45) is 0.344. The lowest BCUT2D eigenvalue weighted by atomic mass is 10.1. The second-order valence-electron chi connectivity index (χ2n) is 4.17. The van der Waals surface area contributed by atoms with Crippen LogP contribution in [-0.2, 0) is 9.47 Å². The highest BCUT2D eigenvalue weighted by atomic mass is 35.5. The molecule has 0 heterocycles. The van der Waals surface area contributed by atoms with Crippen LogP contribution < -0.4 is 4.74 Å². The maximum Gasteiger partial charge on any atom is 0.138 e. The molecule has 0 fully saturated rings. The van der Waals surface area contributed by atoms with Crippen molar-refractivity contribution in [2.75, 3.05) is 33.5 Å². The third-order valence-corrected chi connectivity index (χ3v) is 2.86. The molecule has 108 valence electrons. The molecule has 0 saturated heterocycles. The summed E-state index contributed by atoms with van der Waals surface area (Å²) < 4.78 is 15.8. The summed E-state index contributed by atoms with van der Waals surface area (Å²) in [6, 6.07) is 5.27. The molecule has 0 saturated carbocycles. The molecule has 0 aromatic heterocycles. The molecule has 1 rings (SSSR count). The number of ether oxygens (including phenoxy) is 3. The first-order chi connectivity index (χ1) is 9.15. The van der Waals surface area contributed by atoms with Crippen LogP contribution in [0.4, 0.5) is 0 Å². The minimum Gasteiger partial charge on any atom is -0.490 e. The van der Waals surface area contributed by atoms with E-state index < -0.39 is 6.10 Å². The van der Waals surface area contributed by atoms with E-state index in [9.17, 15) is 5.11 Å². The summed E-state index contributed by atoms with van der Waals surface area (Å²) >= 11 is 6.06. The Balaban J connectivity index is 2.26. The largest absolute Gasteiger partial charge is 0.490 e. The average Bonchev–Trinajstić information content (AvgIpc) is 2.39. The van der Waals surface area contributed by atoms with Gasteiger partial charge in [0, 0.05) is 20.3 Å². The van der Waals surface area contributed by atoms with Crippen molar-refractivity contribution in [3.63, 3.8) is 0 Å². The first kappa shape index (κ1) is 16.2. The molecule has 1 aromatic carbocycles. The van der Waals surface area contributed by atoms with Gasteiger partial charge < -0.3 is 19.3 Å². The van der Waals surface area contributed by atoms with E-state index in [-0.39, 0.29) is 0 Å². The Kier molecular flexibility index (Phi) is 7.82. The third kappa shape index (κ3) is 6.25. The van der Waals surface area contributed by atoms with Crippen molar-refractivity contribution in [3.05, 3.63) is 28.8 Å². The molecule has 1 aromatic rings. The first-order valence-corrected chi connectivity index (χ1v) is 6.70. The van der Waals surface area contributed by atoms with Gasteiger partial charge in [-0.25, -0.2) is 0 Å². The normalized spacial score (nSPS) is 12.4. The molecule has 1 N–H and O–H groups in total. The van der Waals surface area contributed by atoms with Crippen LogP contribution in [0.5, 0.6) is 5.75 Å². The van der Waals surface area contributed by atoms with Crippen LogP contribution in [0.3, 0.4) is 0 Å². The van der Waals surface area contributed by atoms with Crippen molar-refractivity contribution in [1.82, 2.24) is 0 Å². The molecule has 0 aliphatic heterocycles. The second kappa shape index (κ2) is 9.15. The van der Waals surface area contributed by atoms with Gasteiger partial charge in [-0.3, -0.25) is 0 Å². The van der Waals surface area contributed by atoms with E-state index in [1.807, 2.05) is 0 Å². The van der Waals surface area contributed by atoms with Gasteiger partial charge in [-0.1, -0.05) is 17.7 Å². The van der Waals surface area contributed by atoms with Crippen LogP contribution in [0.1, 0.15) is 25.0 Å². The molecular formula is C14H21ClO4. The van der Waals surface area contributed by atoms with Crippen molar-refractivity contribution in [1.29, 1.82) is 0 Å². The number of aliphatic hydroxyl groups is 1. The number of hydrogen-bond donors (Lipinski definition) is 1. The van der Waals surface area contributed by atoms with Crippen molar-refractivity contribution in [2.24, 2.45) is 0 Å². The zero-order valence-corrected chi connectivity index (χ0v) is 12.2. The lowest BCUT2D eigenvalue weighted by molar-refractivity contribution is 0.0806. The molecular weight excluding hydrogens is 268 g/mol. The van der Waals surface area contributed by atoms with Gasteiger partial charge in [-0.05, 0) is 31.0 Å².